The van der Waals surface area contributed by atoms with Gasteiger partial charge in [-0.2, -0.15) is 0 Å². The topological polar surface area (TPSA) is 49.4 Å². The van der Waals surface area contributed by atoms with Crippen molar-refractivity contribution < 1.29 is 9.59 Å². The van der Waals surface area contributed by atoms with E-state index in [-0.39, 0.29) is 17.9 Å². The summed E-state index contributed by atoms with van der Waals surface area (Å²) in [5, 5.41) is 2.98. The molecule has 0 heterocycles. The second-order valence-electron chi connectivity index (χ2n) is 8.21. The van der Waals surface area contributed by atoms with E-state index in [1.807, 2.05) is 77.9 Å². The Morgan fingerprint density at radius 1 is 1.00 bits per heavy atom. The number of carbonyl (C=O) groups is 2. The van der Waals surface area contributed by atoms with E-state index < -0.39 is 6.04 Å². The van der Waals surface area contributed by atoms with Crippen LogP contribution in [-0.2, 0) is 22.6 Å². The van der Waals surface area contributed by atoms with Crippen molar-refractivity contribution >= 4 is 11.8 Å². The number of aryl methyl sites for hydroxylation is 3. The molecule has 1 N–H and O–H groups in total. The Hall–Kier alpha value is -2.62. The lowest BCUT2D eigenvalue weighted by Gasteiger charge is -2.31. The fourth-order valence-electron chi connectivity index (χ4n) is 3.72. The third-order valence-corrected chi connectivity index (χ3v) is 5.06. The number of amides is 2. The molecule has 0 bridgehead atoms. The second-order valence-corrected chi connectivity index (χ2v) is 8.21. The summed E-state index contributed by atoms with van der Waals surface area (Å²) < 4.78 is 0. The molecule has 156 valence electrons. The first kappa shape index (κ1) is 22.7. The quantitative estimate of drug-likeness (QED) is 0.717. The Morgan fingerprint density at radius 3 is 2.17 bits per heavy atom. The molecule has 1 atom stereocenters. The van der Waals surface area contributed by atoms with Crippen LogP contribution in [0.5, 0.6) is 0 Å². The van der Waals surface area contributed by atoms with E-state index in [0.29, 0.717) is 19.4 Å². The van der Waals surface area contributed by atoms with E-state index in [4.69, 9.17) is 0 Å². The van der Waals surface area contributed by atoms with Crippen molar-refractivity contribution in [3.8, 4) is 0 Å². The molecule has 0 aliphatic heterocycles. The van der Waals surface area contributed by atoms with Gasteiger partial charge in [0.1, 0.15) is 6.04 Å². The van der Waals surface area contributed by atoms with Crippen molar-refractivity contribution in [3.63, 3.8) is 0 Å². The van der Waals surface area contributed by atoms with Gasteiger partial charge in [-0.15, -0.1) is 0 Å². The molecule has 29 heavy (non-hydrogen) atoms. The lowest BCUT2D eigenvalue weighted by molar-refractivity contribution is -0.141. The van der Waals surface area contributed by atoms with Crippen molar-refractivity contribution in [1.29, 1.82) is 0 Å². The molecule has 0 saturated carbocycles. The largest absolute Gasteiger partial charge is 0.352 e. The van der Waals surface area contributed by atoms with Crippen LogP contribution in [0.15, 0.2) is 42.5 Å². The normalized spacial score (nSPS) is 12.0. The van der Waals surface area contributed by atoms with Gasteiger partial charge in [0.2, 0.25) is 11.8 Å². The Bertz CT molecular complexity index is 837. The van der Waals surface area contributed by atoms with E-state index >= 15 is 0 Å². The van der Waals surface area contributed by atoms with Crippen molar-refractivity contribution in [2.24, 2.45) is 0 Å². The predicted octanol–water partition coefficient (Wildman–Crippen LogP) is 4.49. The monoisotopic (exact) mass is 394 g/mol. The van der Waals surface area contributed by atoms with Gasteiger partial charge in [0.25, 0.3) is 0 Å². The number of benzene rings is 2. The van der Waals surface area contributed by atoms with E-state index in [0.717, 1.165) is 27.8 Å². The molecule has 0 fully saturated rings. The summed E-state index contributed by atoms with van der Waals surface area (Å²) in [7, 11) is 0. The molecule has 1 unspecified atom stereocenters. The Kier molecular flexibility index (Phi) is 8.00. The number of hydrogen-bond acceptors (Lipinski definition) is 2. The van der Waals surface area contributed by atoms with E-state index in [1.165, 1.54) is 0 Å². The summed E-state index contributed by atoms with van der Waals surface area (Å²) in [6, 6.07) is 13.8. The molecule has 0 aliphatic carbocycles. The van der Waals surface area contributed by atoms with Crippen LogP contribution in [0.2, 0.25) is 0 Å². The summed E-state index contributed by atoms with van der Waals surface area (Å²) in [5.41, 5.74) is 5.46. The van der Waals surface area contributed by atoms with Gasteiger partial charge in [0.05, 0.1) is 6.42 Å². The molecule has 2 amide bonds. The minimum Gasteiger partial charge on any atom is -0.352 e. The van der Waals surface area contributed by atoms with Crippen LogP contribution in [0.1, 0.15) is 55.0 Å². The smallest absolute Gasteiger partial charge is 0.243 e. The molecule has 0 aliphatic rings. The summed E-state index contributed by atoms with van der Waals surface area (Å²) >= 11 is 0. The van der Waals surface area contributed by atoms with Crippen molar-refractivity contribution in [2.45, 2.75) is 73.0 Å². The van der Waals surface area contributed by atoms with Crippen molar-refractivity contribution in [1.82, 2.24) is 10.2 Å². The lowest BCUT2D eigenvalue weighted by Crippen LogP contribution is -2.50. The molecule has 2 aromatic rings. The van der Waals surface area contributed by atoms with Gasteiger partial charge in [0, 0.05) is 12.6 Å². The summed E-state index contributed by atoms with van der Waals surface area (Å²) in [6.45, 7) is 12.4. The van der Waals surface area contributed by atoms with Crippen LogP contribution in [0.25, 0.3) is 0 Å². The highest BCUT2D eigenvalue weighted by Gasteiger charge is 2.29. The van der Waals surface area contributed by atoms with Crippen LogP contribution in [0.4, 0.5) is 0 Å². The third kappa shape index (κ3) is 6.45. The van der Waals surface area contributed by atoms with Crippen LogP contribution < -0.4 is 5.32 Å². The van der Waals surface area contributed by atoms with Gasteiger partial charge < -0.3 is 10.2 Å². The molecule has 2 rings (SSSR count). The first-order valence-electron chi connectivity index (χ1n) is 10.4. The van der Waals surface area contributed by atoms with Gasteiger partial charge in [-0.25, -0.2) is 0 Å². The predicted molar refractivity (Wildman–Crippen MR) is 119 cm³/mol. The molecular formula is C25H34N2O2. The highest BCUT2D eigenvalue weighted by Crippen LogP contribution is 2.18. The maximum Gasteiger partial charge on any atom is 0.243 e. The molecule has 4 nitrogen and oxygen atoms in total. The molecule has 4 heteroatoms. The van der Waals surface area contributed by atoms with E-state index in [2.05, 4.69) is 11.4 Å². The minimum absolute atomic E-state index is 0.0241. The summed E-state index contributed by atoms with van der Waals surface area (Å²) in [5.74, 6) is -0.117. The second kappa shape index (κ2) is 10.2. The maximum atomic E-state index is 13.4. The molecule has 0 saturated heterocycles. The maximum absolute atomic E-state index is 13.4. The van der Waals surface area contributed by atoms with E-state index in [1.54, 1.807) is 4.90 Å². The summed E-state index contributed by atoms with van der Waals surface area (Å²) in [6.07, 6.45) is 0.864. The van der Waals surface area contributed by atoms with Gasteiger partial charge >= 0.3 is 0 Å². The summed E-state index contributed by atoms with van der Waals surface area (Å²) in [4.78, 5) is 28.0. The van der Waals surface area contributed by atoms with Crippen LogP contribution in [0.3, 0.4) is 0 Å². The Labute approximate surface area is 175 Å². The van der Waals surface area contributed by atoms with Gasteiger partial charge in [0.15, 0.2) is 0 Å². The van der Waals surface area contributed by atoms with Crippen LogP contribution >= 0.6 is 0 Å². The minimum atomic E-state index is -0.490. The average molecular weight is 395 g/mol. The van der Waals surface area contributed by atoms with Gasteiger partial charge in [-0.1, -0.05) is 60.5 Å². The van der Waals surface area contributed by atoms with Crippen LogP contribution in [0, 0.1) is 20.8 Å². The van der Waals surface area contributed by atoms with E-state index in [9.17, 15) is 9.59 Å². The first-order chi connectivity index (χ1) is 13.7. The highest BCUT2D eigenvalue weighted by atomic mass is 16.2. The van der Waals surface area contributed by atoms with Crippen LogP contribution in [-0.4, -0.2) is 28.8 Å². The highest BCUT2D eigenvalue weighted by molar-refractivity contribution is 5.88. The average Bonchev–Trinajstić information content (AvgIpc) is 2.61. The molecule has 0 spiro atoms. The fourth-order valence-corrected chi connectivity index (χ4v) is 3.72. The molecular weight excluding hydrogens is 360 g/mol. The van der Waals surface area contributed by atoms with Crippen molar-refractivity contribution in [2.75, 3.05) is 0 Å². The van der Waals surface area contributed by atoms with Gasteiger partial charge in [-0.3, -0.25) is 9.59 Å². The van der Waals surface area contributed by atoms with Crippen molar-refractivity contribution in [3.05, 3.63) is 70.3 Å². The molecule has 0 aromatic heterocycles. The Morgan fingerprint density at radius 2 is 1.62 bits per heavy atom. The third-order valence-electron chi connectivity index (χ3n) is 5.06. The lowest BCUT2D eigenvalue weighted by atomic mass is 10.0. The standard InChI is InChI=1S/C25H34N2O2/c1-7-23(25(29)26-17(2)3)27(16-22-11-9-8-10-20(22)6)24(28)15-21-13-18(4)12-19(5)14-21/h8-14,17,23H,7,15-16H2,1-6H3,(H,26,29). The molecule has 0 radical (unpaired) electrons. The zero-order valence-electron chi connectivity index (χ0n) is 18.6. The number of carbonyl (C=O) groups excluding carboxylic acids is 2. The fraction of sp³-hybridized carbons (Fsp3) is 0.440. The number of nitrogens with one attached hydrogen (secondary N) is 1. The zero-order chi connectivity index (χ0) is 21.6. The number of rotatable bonds is 8. The number of nitrogens with zero attached hydrogens (tertiary/aromatic N) is 1. The SMILES string of the molecule is CCC(C(=O)NC(C)C)N(Cc1ccccc1C)C(=O)Cc1cc(C)cc(C)c1. The van der Waals surface area contributed by atoms with Gasteiger partial charge in [-0.05, 0) is 57.7 Å². The zero-order valence-corrected chi connectivity index (χ0v) is 18.6. The number of hydrogen-bond donors (Lipinski definition) is 1. The first-order valence-corrected chi connectivity index (χ1v) is 10.4. The Balaban J connectivity index is 2.35. The molecule has 2 aromatic carbocycles.